The first-order valence-corrected chi connectivity index (χ1v) is 53.0. The highest BCUT2D eigenvalue weighted by Crippen LogP contribution is 2.45. The van der Waals surface area contributed by atoms with Gasteiger partial charge in [-0.3, -0.25) is 0 Å². The largest absolute Gasteiger partial charge is 0.436 e. The normalized spacial score (nSPS) is 31.5. The lowest BCUT2D eigenvalue weighted by Gasteiger charge is -2.46. The number of rotatable bonds is 14. The minimum Gasteiger partial charge on any atom is -0.436 e. The zero-order chi connectivity index (χ0) is 56.6. The molecule has 6 fully saturated rings. The molecule has 9 rings (SSSR count). The van der Waals surface area contributed by atoms with Crippen LogP contribution in [0.5, 0.6) is 0 Å². The highest BCUT2D eigenvalue weighted by atomic mass is 32.1. The number of aliphatic hydroxyl groups excluding tert-OH is 1. The van der Waals surface area contributed by atoms with E-state index in [-0.39, 0.29) is 7.43 Å². The van der Waals surface area contributed by atoms with Gasteiger partial charge in [0.15, 0.2) is 8.32 Å². The van der Waals surface area contributed by atoms with Gasteiger partial charge in [0.25, 0.3) is 0 Å². The number of benzene rings is 1. The summed E-state index contributed by atoms with van der Waals surface area (Å²) in [5, 5.41) is 8.85. The van der Waals surface area contributed by atoms with Gasteiger partial charge in [-0.15, -0.1) is 6.58 Å². The monoisotopic (exact) mass is 1230 g/mol. The summed E-state index contributed by atoms with van der Waals surface area (Å²) >= 11 is 0.723. The third-order valence-electron chi connectivity index (χ3n) is 14.1. The fraction of sp³-hybridized carbons (Fsp3) is 0.745. The Balaban J connectivity index is 0.000000253. The van der Waals surface area contributed by atoms with Crippen molar-refractivity contribution in [2.24, 2.45) is 53.3 Å². The molecule has 1 aromatic rings. The molecule has 21 heteroatoms. The van der Waals surface area contributed by atoms with E-state index < -0.39 is 68.2 Å². The maximum atomic E-state index is 8.85. The first kappa shape index (κ1) is 68.8. The van der Waals surface area contributed by atoms with E-state index in [1.54, 1.807) is 0 Å². The number of thiol groups is 1. The molecule has 10 unspecified atom stereocenters. The quantitative estimate of drug-likeness (QED) is 0.0464. The van der Waals surface area contributed by atoms with Crippen LogP contribution in [-0.4, -0.2) is 113 Å². The number of aliphatic hydroxyl groups is 1. The number of hydrogen-bond acceptors (Lipinski definition) is 12. The van der Waals surface area contributed by atoms with Crippen LogP contribution in [0.2, 0.25) is 111 Å². The molecular formula is C55H109O11PSSi8. The first-order valence-electron chi connectivity index (χ1n) is 28.5. The van der Waals surface area contributed by atoms with Gasteiger partial charge in [-0.2, -0.15) is 0 Å². The van der Waals surface area contributed by atoms with Gasteiger partial charge in [-0.1, -0.05) is 88.9 Å². The van der Waals surface area contributed by atoms with E-state index >= 15 is 0 Å². The molecule has 0 aromatic heterocycles. The Labute approximate surface area is 482 Å². The van der Waals surface area contributed by atoms with Crippen LogP contribution < -0.4 is 0 Å². The second-order valence-electron chi connectivity index (χ2n) is 25.9. The summed E-state index contributed by atoms with van der Waals surface area (Å²) in [5.41, 5.74) is 1.28. The molecule has 4 bridgehead atoms. The summed E-state index contributed by atoms with van der Waals surface area (Å²) in [5.74, 6) is 6.54. The van der Waals surface area contributed by atoms with E-state index in [0.29, 0.717) is 30.7 Å². The zero-order valence-corrected chi connectivity index (χ0v) is 59.5. The fourth-order valence-corrected chi connectivity index (χ4v) is 52.1. The zero-order valence-electron chi connectivity index (χ0n) is 50.7. The predicted molar refractivity (Wildman–Crippen MR) is 344 cm³/mol. The maximum absolute atomic E-state index is 8.85. The summed E-state index contributed by atoms with van der Waals surface area (Å²) in [4.78, 5) is 0. The molecule has 0 spiro atoms. The molecule has 5 aliphatic carbocycles. The van der Waals surface area contributed by atoms with Crippen LogP contribution in [0.4, 0.5) is 0 Å². The number of fused-ring (bicyclic) bond motifs is 4. The van der Waals surface area contributed by atoms with E-state index in [4.69, 9.17) is 48.4 Å². The molecule has 3 aliphatic heterocycles. The third kappa shape index (κ3) is 27.1. The Morgan fingerprint density at radius 2 is 1.14 bits per heavy atom. The summed E-state index contributed by atoms with van der Waals surface area (Å²) in [7, 11) is -13.7. The highest BCUT2D eigenvalue weighted by molar-refractivity contribution is 7.75. The van der Waals surface area contributed by atoms with Crippen LogP contribution in [-0.2, 0) is 42.2 Å². The maximum Gasteiger partial charge on any atom is 0.321 e. The standard InChI is InChI=1S/C17H23OPS.C13H26O2Si2.C8H12O.2C6H18O3Si3.C4H8O.CH4/c1-2-16-10-15(11-17(16)12-19-13-18-20)9-8-14-6-4-3-5-7-14;1-16(2,3)15-17(4,5)14-10-13-9-11-6-7-12(13)8-11;9-5-8-4-6-1-2-7(8)3-6;2*1-10(2)7-11(3,4)9-12(5,6)8-10;1-2-4-5-3-1;/h2-9,15-17,19-20H,1,10-13H2;6-7,11-13H,8-10H2,1-5H3;1-2,6-9H,3-5H2;2*1-6H3;1-4H2;1H4/b9-8+;;;;;;/i/hD. The molecule has 8 aliphatic rings. The second-order valence-corrected chi connectivity index (χ2v) is 57.2. The molecule has 0 radical (unpaired) electrons. The van der Waals surface area contributed by atoms with Crippen LogP contribution in [0.1, 0.15) is 64.4 Å². The van der Waals surface area contributed by atoms with Crippen molar-refractivity contribution < 1.29 is 47.3 Å². The Bertz CT molecular complexity index is 1840. The third-order valence-corrected chi connectivity index (χ3v) is 44.4. The topological polar surface area (TPSA) is 113 Å². The average Bonchev–Trinajstić information content (AvgIpc) is 4.15. The fourth-order valence-electron chi connectivity index (χ4n) is 12.4. The van der Waals surface area contributed by atoms with Gasteiger partial charge in [0, 0.05) is 26.4 Å². The smallest absolute Gasteiger partial charge is 0.321 e. The molecule has 0 amide bonds. The van der Waals surface area contributed by atoms with Crippen LogP contribution >= 0.6 is 21.4 Å². The molecule has 1 N–H and O–H groups in total. The summed E-state index contributed by atoms with van der Waals surface area (Å²) < 4.78 is 64.5. The lowest BCUT2D eigenvalue weighted by Crippen LogP contribution is -2.64. The lowest BCUT2D eigenvalue weighted by molar-refractivity contribution is 0.185. The molecule has 76 heavy (non-hydrogen) atoms. The molecule has 10 atom stereocenters. The number of ether oxygens (including phenoxy) is 1. The second kappa shape index (κ2) is 31.2. The molecular weight excluding hydrogens is 1120 g/mol. The average molecular weight is 1240 g/mol. The first-order chi connectivity index (χ1) is 35.2. The van der Waals surface area contributed by atoms with Crippen molar-refractivity contribution in [2.75, 3.05) is 38.9 Å². The molecule has 438 valence electrons. The van der Waals surface area contributed by atoms with Crippen molar-refractivity contribution >= 4 is 95.7 Å². The molecule has 3 heterocycles. The molecule has 1 aromatic carbocycles. The van der Waals surface area contributed by atoms with E-state index in [2.05, 4.69) is 191 Å². The van der Waals surface area contributed by atoms with Crippen LogP contribution in [0.3, 0.4) is 0 Å². The minimum atomic E-state index is -1.90. The van der Waals surface area contributed by atoms with Gasteiger partial charge in [-0.25, -0.2) is 0 Å². The van der Waals surface area contributed by atoms with Gasteiger partial charge < -0.3 is 47.3 Å². The van der Waals surface area contributed by atoms with Crippen molar-refractivity contribution in [3.05, 3.63) is 78.9 Å². The van der Waals surface area contributed by atoms with Crippen molar-refractivity contribution in [1.29, 1.82) is 1.12 Å². The van der Waals surface area contributed by atoms with Gasteiger partial charge in [0.1, 0.15) is 1.12 Å². The van der Waals surface area contributed by atoms with E-state index in [1.165, 1.54) is 63.1 Å². The SMILES string of the molecule is C.C1CCOC1.C[Si](C)(C)O[Si](C)(C)OCC1CC2C=CC1C2.C[Si]1(C)O[Si](C)(C)O[Si](C)(C)O1.C[Si]1(C)O[Si](C)(C)O[Si](C)(C)O1.OCC1CC2C=CC1C2.[2H]SOCPCC1CC(/C=C/c2ccccc2)CC1C=C. The minimum absolute atomic E-state index is 0. The van der Waals surface area contributed by atoms with Gasteiger partial charge >= 0.3 is 59.9 Å². The van der Waals surface area contributed by atoms with Gasteiger partial charge in [-0.05, 0) is 240 Å². The van der Waals surface area contributed by atoms with E-state index in [1.807, 2.05) is 0 Å². The van der Waals surface area contributed by atoms with E-state index in [9.17, 15) is 0 Å². The summed E-state index contributed by atoms with van der Waals surface area (Å²) in [6, 6.07) is 10.5. The Kier molecular flexibility index (Phi) is 28.3. The van der Waals surface area contributed by atoms with Crippen molar-refractivity contribution in [3.63, 3.8) is 0 Å². The molecule has 3 saturated heterocycles. The van der Waals surface area contributed by atoms with Crippen LogP contribution in [0.25, 0.3) is 6.08 Å². The van der Waals surface area contributed by atoms with E-state index in [0.717, 1.165) is 76.7 Å². The van der Waals surface area contributed by atoms with Crippen molar-refractivity contribution in [2.45, 2.75) is 170 Å². The number of allylic oxidation sites excluding steroid dienone is 6. The van der Waals surface area contributed by atoms with Crippen molar-refractivity contribution in [1.82, 2.24) is 0 Å². The van der Waals surface area contributed by atoms with Gasteiger partial charge in [0.05, 0.1) is 6.35 Å². The van der Waals surface area contributed by atoms with Gasteiger partial charge in [0.2, 0.25) is 0 Å². The highest BCUT2D eigenvalue weighted by Gasteiger charge is 2.51. The predicted octanol–water partition coefficient (Wildman–Crippen LogP) is 15.7. The number of hydrogen-bond donors (Lipinski definition) is 2. The van der Waals surface area contributed by atoms with Crippen molar-refractivity contribution in [3.8, 4) is 0 Å². The molecule has 3 saturated carbocycles. The Morgan fingerprint density at radius 1 is 0.671 bits per heavy atom. The Hall–Kier alpha value is 0.255. The summed E-state index contributed by atoms with van der Waals surface area (Å²) in [6.07, 6.45) is 28.3. The lowest BCUT2D eigenvalue weighted by atomic mass is 9.95. The van der Waals surface area contributed by atoms with Crippen LogP contribution in [0.15, 0.2) is 73.4 Å². The Morgan fingerprint density at radius 3 is 1.50 bits per heavy atom. The molecule has 11 nitrogen and oxygen atoms in total. The summed E-state index contributed by atoms with van der Waals surface area (Å²) in [6.45, 7) is 43.6. The van der Waals surface area contributed by atoms with Crippen LogP contribution in [0, 0.1) is 53.3 Å².